The Bertz CT molecular complexity index is 979. The SMILES string of the molecule is CCONC(=O)c1cccnc1Nc1ccc(S(=O)(=O)N(C)C2CC2)c(Cl)c1. The van der Waals surface area contributed by atoms with Gasteiger partial charge in [-0.05, 0) is 50.1 Å². The molecular weight excluding hydrogens is 404 g/mol. The molecule has 1 aromatic carbocycles. The summed E-state index contributed by atoms with van der Waals surface area (Å²) in [5, 5.41) is 3.08. The van der Waals surface area contributed by atoms with Crippen molar-refractivity contribution in [1.82, 2.24) is 14.8 Å². The number of amides is 1. The smallest absolute Gasteiger partial charge is 0.278 e. The third-order valence-electron chi connectivity index (χ3n) is 4.27. The van der Waals surface area contributed by atoms with Crippen LogP contribution in [-0.2, 0) is 14.9 Å². The number of halogens is 1. The quantitative estimate of drug-likeness (QED) is 0.632. The monoisotopic (exact) mass is 424 g/mol. The second-order valence-electron chi connectivity index (χ2n) is 6.29. The first-order valence-electron chi connectivity index (χ1n) is 8.76. The number of carbonyl (C=O) groups is 1. The zero-order chi connectivity index (χ0) is 20.3. The summed E-state index contributed by atoms with van der Waals surface area (Å²) in [6.45, 7) is 2.08. The Hall–Kier alpha value is -2.20. The second kappa shape index (κ2) is 8.44. The number of nitrogens with zero attached hydrogens (tertiary/aromatic N) is 2. The van der Waals surface area contributed by atoms with E-state index in [2.05, 4.69) is 15.8 Å². The molecule has 150 valence electrons. The maximum atomic E-state index is 12.7. The molecule has 3 rings (SSSR count). The first-order valence-corrected chi connectivity index (χ1v) is 10.6. The minimum Gasteiger partial charge on any atom is -0.340 e. The number of carbonyl (C=O) groups excluding carboxylic acids is 1. The molecule has 28 heavy (non-hydrogen) atoms. The highest BCUT2D eigenvalue weighted by atomic mass is 35.5. The van der Waals surface area contributed by atoms with Crippen molar-refractivity contribution in [2.75, 3.05) is 19.0 Å². The molecule has 1 aliphatic carbocycles. The lowest BCUT2D eigenvalue weighted by Gasteiger charge is -2.18. The van der Waals surface area contributed by atoms with Crippen LogP contribution in [0.25, 0.3) is 0 Å². The number of nitrogens with one attached hydrogen (secondary N) is 2. The average molecular weight is 425 g/mol. The number of rotatable bonds is 8. The van der Waals surface area contributed by atoms with E-state index < -0.39 is 15.9 Å². The van der Waals surface area contributed by atoms with Crippen LogP contribution in [-0.4, -0.2) is 43.3 Å². The van der Waals surface area contributed by atoms with E-state index in [4.69, 9.17) is 16.4 Å². The van der Waals surface area contributed by atoms with Crippen LogP contribution in [0.15, 0.2) is 41.4 Å². The van der Waals surface area contributed by atoms with E-state index in [9.17, 15) is 13.2 Å². The largest absolute Gasteiger partial charge is 0.340 e. The number of aromatic nitrogens is 1. The molecule has 1 aliphatic rings. The van der Waals surface area contributed by atoms with Gasteiger partial charge in [0.2, 0.25) is 10.0 Å². The summed E-state index contributed by atoms with van der Waals surface area (Å²) in [4.78, 5) is 21.3. The molecule has 1 amide bonds. The first kappa shape index (κ1) is 20.5. The van der Waals surface area contributed by atoms with Gasteiger partial charge in [0.1, 0.15) is 10.7 Å². The van der Waals surface area contributed by atoms with Gasteiger partial charge in [0, 0.05) is 25.0 Å². The number of hydrogen-bond acceptors (Lipinski definition) is 6. The van der Waals surface area contributed by atoms with E-state index >= 15 is 0 Å². The van der Waals surface area contributed by atoms with Crippen molar-refractivity contribution in [3.63, 3.8) is 0 Å². The fourth-order valence-corrected chi connectivity index (χ4v) is 4.53. The fraction of sp³-hybridized carbons (Fsp3) is 0.333. The van der Waals surface area contributed by atoms with Crippen LogP contribution >= 0.6 is 11.6 Å². The molecule has 1 fully saturated rings. The number of hydroxylamine groups is 1. The predicted octanol–water partition coefficient (Wildman–Crippen LogP) is 2.94. The molecule has 1 aromatic heterocycles. The summed E-state index contributed by atoms with van der Waals surface area (Å²) in [5.41, 5.74) is 3.09. The van der Waals surface area contributed by atoms with E-state index in [0.717, 1.165) is 12.8 Å². The van der Waals surface area contributed by atoms with Gasteiger partial charge in [-0.2, -0.15) is 4.31 Å². The third-order valence-corrected chi connectivity index (χ3v) is 6.67. The Balaban J connectivity index is 1.83. The van der Waals surface area contributed by atoms with Gasteiger partial charge in [-0.3, -0.25) is 9.63 Å². The molecular formula is C18H21ClN4O4S. The number of pyridine rings is 1. The Morgan fingerprint density at radius 1 is 1.36 bits per heavy atom. The molecule has 0 bridgehead atoms. The molecule has 1 saturated carbocycles. The Kier molecular flexibility index (Phi) is 6.19. The van der Waals surface area contributed by atoms with Crippen molar-refractivity contribution < 1.29 is 18.0 Å². The average Bonchev–Trinajstić information content (AvgIpc) is 3.51. The maximum absolute atomic E-state index is 12.7. The topological polar surface area (TPSA) is 101 Å². The van der Waals surface area contributed by atoms with E-state index in [0.29, 0.717) is 18.1 Å². The molecule has 2 aromatic rings. The molecule has 0 unspecified atom stereocenters. The first-order chi connectivity index (χ1) is 13.3. The third kappa shape index (κ3) is 4.44. The van der Waals surface area contributed by atoms with Crippen LogP contribution in [0.3, 0.4) is 0 Å². The highest BCUT2D eigenvalue weighted by Gasteiger charge is 2.36. The summed E-state index contributed by atoms with van der Waals surface area (Å²) in [6, 6.07) is 7.78. The van der Waals surface area contributed by atoms with E-state index in [1.54, 1.807) is 32.2 Å². The summed E-state index contributed by atoms with van der Waals surface area (Å²) in [7, 11) is -2.09. The van der Waals surface area contributed by atoms with Gasteiger partial charge in [0.05, 0.1) is 17.2 Å². The number of benzene rings is 1. The fourth-order valence-electron chi connectivity index (χ4n) is 2.59. The molecule has 1 heterocycles. The normalized spacial score (nSPS) is 14.1. The highest BCUT2D eigenvalue weighted by molar-refractivity contribution is 7.89. The number of sulfonamides is 1. The summed E-state index contributed by atoms with van der Waals surface area (Å²) < 4.78 is 26.7. The van der Waals surface area contributed by atoms with Gasteiger partial charge in [-0.25, -0.2) is 18.9 Å². The standard InChI is InChI=1S/C18H21ClN4O4S/c1-3-27-22-18(24)14-5-4-10-20-17(14)21-12-6-9-16(15(19)11-12)28(25,26)23(2)13-7-8-13/h4-6,9-11,13H,3,7-8H2,1-2H3,(H,20,21)(H,22,24). The van der Waals surface area contributed by atoms with Crippen LogP contribution < -0.4 is 10.8 Å². The minimum absolute atomic E-state index is 0.0406. The van der Waals surface area contributed by atoms with E-state index in [1.807, 2.05) is 0 Å². The number of anilines is 2. The molecule has 0 spiro atoms. The van der Waals surface area contributed by atoms with Gasteiger partial charge >= 0.3 is 0 Å². The molecule has 0 saturated heterocycles. The minimum atomic E-state index is -3.65. The van der Waals surface area contributed by atoms with Crippen molar-refractivity contribution >= 4 is 39.0 Å². The Morgan fingerprint density at radius 3 is 2.75 bits per heavy atom. The molecule has 2 N–H and O–H groups in total. The van der Waals surface area contributed by atoms with Gasteiger partial charge in [0.25, 0.3) is 5.91 Å². The maximum Gasteiger partial charge on any atom is 0.278 e. The van der Waals surface area contributed by atoms with Crippen molar-refractivity contribution in [3.05, 3.63) is 47.1 Å². The van der Waals surface area contributed by atoms with Crippen molar-refractivity contribution in [2.24, 2.45) is 0 Å². The summed E-state index contributed by atoms with van der Waals surface area (Å²) in [6.07, 6.45) is 3.25. The van der Waals surface area contributed by atoms with E-state index in [1.165, 1.54) is 22.6 Å². The molecule has 10 heteroatoms. The molecule has 8 nitrogen and oxygen atoms in total. The van der Waals surface area contributed by atoms with Crippen LogP contribution in [0.5, 0.6) is 0 Å². The van der Waals surface area contributed by atoms with Crippen LogP contribution in [0.4, 0.5) is 11.5 Å². The van der Waals surface area contributed by atoms with Gasteiger partial charge in [-0.15, -0.1) is 0 Å². The Labute approximate surface area is 168 Å². The highest BCUT2D eigenvalue weighted by Crippen LogP contribution is 2.34. The predicted molar refractivity (Wildman–Crippen MR) is 106 cm³/mol. The van der Waals surface area contributed by atoms with E-state index in [-0.39, 0.29) is 21.5 Å². The lowest BCUT2D eigenvalue weighted by Crippen LogP contribution is -2.29. The lowest BCUT2D eigenvalue weighted by molar-refractivity contribution is 0.0365. The molecule has 0 radical (unpaired) electrons. The lowest BCUT2D eigenvalue weighted by atomic mass is 10.2. The zero-order valence-corrected chi connectivity index (χ0v) is 17.0. The van der Waals surface area contributed by atoms with Crippen LogP contribution in [0, 0.1) is 0 Å². The molecule has 0 atom stereocenters. The summed E-state index contributed by atoms with van der Waals surface area (Å²) >= 11 is 6.25. The van der Waals surface area contributed by atoms with Crippen LogP contribution in [0.1, 0.15) is 30.1 Å². The summed E-state index contributed by atoms with van der Waals surface area (Å²) in [5.74, 6) is -0.157. The van der Waals surface area contributed by atoms with Crippen LogP contribution in [0.2, 0.25) is 5.02 Å². The molecule has 0 aliphatic heterocycles. The second-order valence-corrected chi connectivity index (χ2v) is 8.66. The van der Waals surface area contributed by atoms with Crippen molar-refractivity contribution in [1.29, 1.82) is 0 Å². The number of hydrogen-bond donors (Lipinski definition) is 2. The zero-order valence-electron chi connectivity index (χ0n) is 15.5. The van der Waals surface area contributed by atoms with Crippen molar-refractivity contribution in [2.45, 2.75) is 30.7 Å². The van der Waals surface area contributed by atoms with Crippen molar-refractivity contribution in [3.8, 4) is 0 Å². The Morgan fingerprint density at radius 2 is 2.11 bits per heavy atom. The van der Waals surface area contributed by atoms with Gasteiger partial charge in [0.15, 0.2) is 0 Å². The van der Waals surface area contributed by atoms with Gasteiger partial charge in [-0.1, -0.05) is 11.6 Å². The van der Waals surface area contributed by atoms with Gasteiger partial charge < -0.3 is 5.32 Å².